The Morgan fingerprint density at radius 3 is 1.23 bits per heavy atom. The molecule has 8 aromatic rings. The summed E-state index contributed by atoms with van der Waals surface area (Å²) in [6.07, 6.45) is 11.4. The highest BCUT2D eigenvalue weighted by atomic mass is 32.2. The van der Waals surface area contributed by atoms with E-state index in [0.717, 1.165) is 110 Å². The number of aromatic nitrogens is 2. The molecule has 4 saturated carbocycles. The number of amides is 10. The summed E-state index contributed by atoms with van der Waals surface area (Å²) in [5, 5.41) is 31.5. The molecule has 4 unspecified atom stereocenters. The Labute approximate surface area is 752 Å². The fraction of sp³-hybridized carbons (Fsp3) is 0.462. The van der Waals surface area contributed by atoms with E-state index in [1.54, 1.807) is 76.5 Å². The fourth-order valence-electron chi connectivity index (χ4n) is 16.7. The minimum Gasteiger partial charge on any atom is -0.489 e. The van der Waals surface area contributed by atoms with Gasteiger partial charge in [-0.25, -0.2) is 24.5 Å². The van der Waals surface area contributed by atoms with Crippen molar-refractivity contribution in [2.75, 3.05) is 52.4 Å². The largest absolute Gasteiger partial charge is 0.489 e. The van der Waals surface area contributed by atoms with E-state index in [-0.39, 0.29) is 72.8 Å². The van der Waals surface area contributed by atoms with Gasteiger partial charge in [0.05, 0.1) is 32.5 Å². The molecule has 4 aliphatic carbocycles. The summed E-state index contributed by atoms with van der Waals surface area (Å²) in [5.74, 6) is 4.37. The third-order valence-corrected chi connectivity index (χ3v) is 27.3. The number of nitrogens with zero attached hydrogens (tertiary/aromatic N) is 4. The molecular formula is C93H116N14O15S4. The molecule has 33 heteroatoms. The van der Waals surface area contributed by atoms with Crippen LogP contribution in [0.5, 0.6) is 11.5 Å². The number of fused-ring (bicyclic) bond motifs is 2. The highest BCUT2D eigenvalue weighted by molar-refractivity contribution is 8.15. The number of hydrogen-bond donors (Lipinski definition) is 10. The number of unbranched alkanes of at least 4 members (excludes halogenated alkanes) is 3. The molecule has 5 heterocycles. The Morgan fingerprint density at radius 1 is 0.444 bits per heavy atom. The number of nitrogens with one attached hydrogen (secondary N) is 10. The average molecular weight is 1800 g/mol. The maximum Gasteiger partial charge on any atom is 0.411 e. The van der Waals surface area contributed by atoms with E-state index in [1.165, 1.54) is 73.6 Å². The second kappa shape index (κ2) is 45.5. The molecule has 0 radical (unpaired) electrons. The molecular weight excluding hydrogens is 1680 g/mol. The molecule has 672 valence electrons. The third kappa shape index (κ3) is 26.9. The zero-order valence-corrected chi connectivity index (χ0v) is 75.3. The van der Waals surface area contributed by atoms with Gasteiger partial charge in [0.2, 0.25) is 53.2 Å². The van der Waals surface area contributed by atoms with Gasteiger partial charge in [0.25, 0.3) is 0 Å². The number of thioether (sulfide) groups is 2. The molecule has 10 N–H and O–H groups in total. The van der Waals surface area contributed by atoms with E-state index >= 15 is 0 Å². The third-order valence-electron chi connectivity index (χ3n) is 22.6. The Bertz CT molecular complexity index is 5190. The Balaban J connectivity index is 0.000000183. The van der Waals surface area contributed by atoms with Gasteiger partial charge in [0.15, 0.2) is 5.60 Å². The number of ether oxygens (including phenoxy) is 3. The minimum absolute atomic E-state index is 0. The second-order valence-electron chi connectivity index (χ2n) is 32.9. The monoisotopic (exact) mass is 1800 g/mol. The first-order valence-electron chi connectivity index (χ1n) is 42.7. The molecule has 3 aliphatic heterocycles. The van der Waals surface area contributed by atoms with E-state index in [1.807, 2.05) is 91.0 Å². The molecule has 10 amide bonds. The highest BCUT2D eigenvalue weighted by Gasteiger charge is 2.73. The second-order valence-corrected chi connectivity index (χ2v) is 37.0. The maximum atomic E-state index is 12.9. The van der Waals surface area contributed by atoms with Gasteiger partial charge < -0.3 is 62.1 Å². The van der Waals surface area contributed by atoms with Crippen LogP contribution in [0.2, 0.25) is 0 Å². The van der Waals surface area contributed by atoms with Crippen LogP contribution >= 0.6 is 46.2 Å². The lowest BCUT2D eigenvalue weighted by molar-refractivity contribution is -0.590. The van der Waals surface area contributed by atoms with Crippen molar-refractivity contribution in [3.8, 4) is 11.5 Å². The fourth-order valence-corrected chi connectivity index (χ4v) is 20.9. The van der Waals surface area contributed by atoms with E-state index < -0.39 is 29.8 Å². The van der Waals surface area contributed by atoms with Gasteiger partial charge in [-0.3, -0.25) is 58.5 Å². The number of benzene rings is 6. The van der Waals surface area contributed by atoms with Crippen LogP contribution in [0.25, 0.3) is 20.4 Å². The average Bonchev–Trinajstić information content (AvgIpc) is 1.00. The van der Waals surface area contributed by atoms with Crippen molar-refractivity contribution < 1.29 is 71.9 Å². The van der Waals surface area contributed by atoms with Crippen molar-refractivity contribution in [2.24, 2.45) is 33.7 Å². The van der Waals surface area contributed by atoms with Crippen LogP contribution in [0.1, 0.15) is 192 Å². The van der Waals surface area contributed by atoms with E-state index in [4.69, 9.17) is 29.0 Å². The highest BCUT2D eigenvalue weighted by Crippen LogP contribution is 2.69. The van der Waals surface area contributed by atoms with Crippen LogP contribution in [-0.2, 0) is 83.1 Å². The molecule has 6 aromatic carbocycles. The summed E-state index contributed by atoms with van der Waals surface area (Å²) >= 11 is 6.64. The molecule has 4 bridgehead atoms. The van der Waals surface area contributed by atoms with Crippen molar-refractivity contribution >= 4 is 159 Å². The number of carbonyl (C=O) groups is 10. The molecule has 5 fully saturated rings. The predicted molar refractivity (Wildman–Crippen MR) is 497 cm³/mol. The number of thiazole rings is 2. The summed E-state index contributed by atoms with van der Waals surface area (Å²) < 4.78 is 19.6. The number of anilines is 4. The molecule has 2 aromatic heterocycles. The van der Waals surface area contributed by atoms with Crippen molar-refractivity contribution in [1.29, 1.82) is 0 Å². The summed E-state index contributed by atoms with van der Waals surface area (Å²) in [6.45, 7) is 17.4. The molecule has 126 heavy (non-hydrogen) atoms. The van der Waals surface area contributed by atoms with Crippen molar-refractivity contribution in [3.05, 3.63) is 166 Å². The van der Waals surface area contributed by atoms with Gasteiger partial charge in [-0.05, 0) is 242 Å². The van der Waals surface area contributed by atoms with Crippen molar-refractivity contribution in [2.45, 2.75) is 221 Å². The molecule has 1 saturated heterocycles. The zero-order chi connectivity index (χ0) is 88.7. The quantitative estimate of drug-likeness (QED) is 0.0129. The summed E-state index contributed by atoms with van der Waals surface area (Å²) in [7, 11) is 0. The Morgan fingerprint density at radius 2 is 0.841 bits per heavy atom. The Hall–Kier alpha value is -10.8. The smallest absolute Gasteiger partial charge is 0.411 e. The van der Waals surface area contributed by atoms with Crippen molar-refractivity contribution in [1.82, 2.24) is 41.9 Å². The first-order valence-corrected chi connectivity index (χ1v) is 46.3. The first-order chi connectivity index (χ1) is 60.1. The van der Waals surface area contributed by atoms with Gasteiger partial charge >= 0.3 is 6.09 Å². The molecule has 15 rings (SSSR count). The summed E-state index contributed by atoms with van der Waals surface area (Å²) in [6, 6.07) is 40.2. The van der Waals surface area contributed by atoms with Crippen molar-refractivity contribution in [3.63, 3.8) is 0 Å². The van der Waals surface area contributed by atoms with Crippen LogP contribution in [0.4, 0.5) is 27.5 Å². The number of carbonyl (C=O) groups excluding carboxylic acids is 10. The molecule has 1 spiro atoms. The Kier molecular flexibility index (Phi) is 34.6. The topological polar surface area (TPSA) is 388 Å². The van der Waals surface area contributed by atoms with Gasteiger partial charge in [-0.1, -0.05) is 56.0 Å². The predicted octanol–water partition coefficient (Wildman–Crippen LogP) is 15.2. The van der Waals surface area contributed by atoms with Crippen LogP contribution in [0, 0.1) is 23.7 Å². The van der Waals surface area contributed by atoms with E-state index in [0.29, 0.717) is 124 Å². The number of hydrogen-bond acceptors (Lipinski definition) is 23. The molecule has 7 aliphatic rings. The van der Waals surface area contributed by atoms with Crippen LogP contribution < -0.4 is 62.6 Å². The van der Waals surface area contributed by atoms with Crippen LogP contribution in [-0.4, -0.2) is 146 Å². The van der Waals surface area contributed by atoms with E-state index in [2.05, 4.69) is 101 Å². The van der Waals surface area contributed by atoms with E-state index in [9.17, 15) is 47.9 Å². The standard InChI is InChI=1S/C35H45N3O6.C29H34N6O5S2.C28H33N5O4S2.CH4/c1-22(39)36-14-5-4-9-32(37-23(2)40)33(41)38-30-12-10-24(11-13-30)21-42-31-8-6-7-27(20-31)34(3)35(44-43-34)28-16-25-15-26(18-28)19-29(35)17-25;1-17-16-41-27(31-17)28-35-23-12-11-22(14-25(23)42-28)34-29(39)40-15-20-7-9-21(10-8-20)33-26(38)24(32-19(3)37)6-4-5-13-30-18(2)36;1-17-16-38-27(30-17)28-33-23-12-11-22(14-25(23)39-28)37-15-20-7-9-21(10-8-20)32-26(36)24(31-19(3)35)6-4-5-13-29-18(2)34;/h6-8,10-13,20,25-26,28-29,32H,4-5,9,14-19,21H2,1-3H3,(H,36,39)(H,37,40)(H,38,41);7-12,14,17,24H,4-6,13,15-16H2,1-3H3,(H,30,36)(H,32,37)(H,33,38)(H,34,39);7-12,14,17,24H,4-6,13,15-16H2,1-3H3,(H,29,34)(H,31,35)(H,32,36);1H4/t;2*17-,24?;/m.00./s1. The molecule has 6 atom stereocenters. The van der Waals surface area contributed by atoms with Gasteiger partial charge in [-0.15, -0.1) is 46.2 Å². The SMILES string of the molecule is C.CC(=O)NCCCCC(NC(C)=O)C(=O)Nc1ccc(COC(=O)Nc2ccc3nc(C4=N[C@@H](C)CS4)sc3c2)cc1.CC(=O)NCCCCC(NC(C)=O)C(=O)Nc1ccc(COc2ccc3nc(C4=N[C@@H](C)CS4)sc3c2)cc1.CC(=O)NCCCCC(NC(C)=O)C(=O)Nc1ccc(COc2cccc(C3(C)OOC34C3CC5CC(C3)CC4C5)c2)cc1. The van der Waals surface area contributed by atoms with Crippen LogP contribution in [0.15, 0.2) is 143 Å². The lowest BCUT2D eigenvalue weighted by atomic mass is 9.45. The summed E-state index contributed by atoms with van der Waals surface area (Å²) in [4.78, 5) is 150. The molecule has 29 nitrogen and oxygen atoms in total. The minimum atomic E-state index is -0.693. The number of aliphatic imine (C=N–C) groups is 2. The lowest BCUT2D eigenvalue weighted by Gasteiger charge is -2.69. The van der Waals surface area contributed by atoms with Crippen LogP contribution in [0.3, 0.4) is 0 Å². The number of rotatable bonds is 36. The zero-order valence-electron chi connectivity index (χ0n) is 72.0. The lowest BCUT2D eigenvalue weighted by Crippen LogP contribution is -2.74. The van der Waals surface area contributed by atoms with Gasteiger partial charge in [0.1, 0.15) is 75.1 Å². The maximum absolute atomic E-state index is 12.9. The first kappa shape index (κ1) is 95.8. The normalized spacial score (nSPS) is 20.4. The van der Waals surface area contributed by atoms with Gasteiger partial charge in [0, 0.05) is 95.4 Å². The summed E-state index contributed by atoms with van der Waals surface area (Å²) in [5.41, 5.74) is 7.31. The van der Waals surface area contributed by atoms with Gasteiger partial charge in [-0.2, -0.15) is 0 Å².